The number of anilines is 1. The number of nitrogens with one attached hydrogen (secondary N) is 1. The predicted molar refractivity (Wildman–Crippen MR) is 70.0 cm³/mol. The molecule has 110 valence electrons. The zero-order valence-corrected chi connectivity index (χ0v) is 11.6. The normalized spacial score (nSPS) is 12.2. The van der Waals surface area contributed by atoms with E-state index in [2.05, 4.69) is 15.3 Å². The lowest BCUT2D eigenvalue weighted by Crippen LogP contribution is -2.14. The Morgan fingerprint density at radius 2 is 2.10 bits per heavy atom. The van der Waals surface area contributed by atoms with Crippen LogP contribution in [0.3, 0.4) is 0 Å². The molecular formula is C11H9Cl2F3N2O2. The number of hydrogen-bond donors (Lipinski definition) is 1. The van der Waals surface area contributed by atoms with Gasteiger partial charge in [0.15, 0.2) is 0 Å². The molecule has 20 heavy (non-hydrogen) atoms. The van der Waals surface area contributed by atoms with E-state index in [9.17, 15) is 18.0 Å². The Bertz CT molecular complexity index is 533. The first-order valence-corrected chi connectivity index (χ1v) is 6.04. The van der Waals surface area contributed by atoms with Crippen molar-refractivity contribution in [3.05, 3.63) is 28.8 Å². The predicted octanol–water partition coefficient (Wildman–Crippen LogP) is 3.89. The van der Waals surface area contributed by atoms with Gasteiger partial charge in [0.1, 0.15) is 0 Å². The summed E-state index contributed by atoms with van der Waals surface area (Å²) in [7, 11) is 0. The second-order valence-electron chi connectivity index (χ2n) is 3.42. The van der Waals surface area contributed by atoms with Crippen LogP contribution in [-0.4, -0.2) is 17.7 Å². The van der Waals surface area contributed by atoms with E-state index in [-0.39, 0.29) is 17.3 Å². The highest BCUT2D eigenvalue weighted by Crippen LogP contribution is 2.36. The molecule has 0 radical (unpaired) electrons. The van der Waals surface area contributed by atoms with E-state index in [1.165, 1.54) is 6.07 Å². The summed E-state index contributed by atoms with van der Waals surface area (Å²) in [5.41, 5.74) is 0.652. The summed E-state index contributed by atoms with van der Waals surface area (Å²) < 4.78 is 42.8. The first-order chi connectivity index (χ1) is 9.25. The van der Waals surface area contributed by atoms with Gasteiger partial charge in [0.2, 0.25) is 5.17 Å². The number of hydrazone groups is 1. The van der Waals surface area contributed by atoms with Crippen molar-refractivity contribution in [2.75, 3.05) is 12.0 Å². The molecule has 0 bridgehead atoms. The van der Waals surface area contributed by atoms with Gasteiger partial charge in [-0.25, -0.2) is 4.79 Å². The summed E-state index contributed by atoms with van der Waals surface area (Å²) >= 11 is 11.0. The van der Waals surface area contributed by atoms with Gasteiger partial charge in [-0.15, -0.1) is 0 Å². The summed E-state index contributed by atoms with van der Waals surface area (Å²) in [5.74, 6) is -0.941. The molecule has 1 aromatic rings. The third kappa shape index (κ3) is 4.57. The van der Waals surface area contributed by atoms with E-state index in [0.717, 1.165) is 12.1 Å². The lowest BCUT2D eigenvalue weighted by molar-refractivity contribution is -0.137. The monoisotopic (exact) mass is 328 g/mol. The lowest BCUT2D eigenvalue weighted by atomic mass is 10.2. The van der Waals surface area contributed by atoms with E-state index < -0.39 is 22.9 Å². The largest absolute Gasteiger partial charge is 0.461 e. The minimum absolute atomic E-state index is 0.0688. The van der Waals surface area contributed by atoms with Crippen LogP contribution in [0.2, 0.25) is 5.02 Å². The molecule has 0 aliphatic heterocycles. The Morgan fingerprint density at radius 3 is 2.65 bits per heavy atom. The number of benzene rings is 1. The van der Waals surface area contributed by atoms with Gasteiger partial charge in [0, 0.05) is 5.02 Å². The molecule has 0 aromatic heterocycles. The Morgan fingerprint density at radius 1 is 1.45 bits per heavy atom. The molecule has 0 saturated carbocycles. The molecule has 0 spiro atoms. The quantitative estimate of drug-likeness (QED) is 0.518. The summed E-state index contributed by atoms with van der Waals surface area (Å²) in [6, 6.07) is 3.05. The van der Waals surface area contributed by atoms with E-state index in [4.69, 9.17) is 23.2 Å². The first kappa shape index (κ1) is 16.6. The second kappa shape index (κ2) is 6.81. The lowest BCUT2D eigenvalue weighted by Gasteiger charge is -2.12. The highest BCUT2D eigenvalue weighted by molar-refractivity contribution is 6.82. The molecule has 1 aromatic carbocycles. The highest BCUT2D eigenvalue weighted by Gasteiger charge is 2.33. The third-order valence-electron chi connectivity index (χ3n) is 2.01. The van der Waals surface area contributed by atoms with Crippen molar-refractivity contribution < 1.29 is 22.7 Å². The van der Waals surface area contributed by atoms with E-state index >= 15 is 0 Å². The number of carbonyl (C=O) groups is 1. The SMILES string of the molecule is CCOC(=O)/C(Cl)=N\Nc1ccc(Cl)cc1C(F)(F)F. The molecule has 0 amide bonds. The van der Waals surface area contributed by atoms with Gasteiger partial charge < -0.3 is 4.74 Å². The highest BCUT2D eigenvalue weighted by atomic mass is 35.5. The maximum absolute atomic E-state index is 12.8. The number of nitrogens with zero attached hydrogens (tertiary/aromatic N) is 1. The molecule has 0 unspecified atom stereocenters. The minimum atomic E-state index is -4.63. The van der Waals surface area contributed by atoms with Gasteiger partial charge in [-0.2, -0.15) is 18.3 Å². The van der Waals surface area contributed by atoms with E-state index in [1.807, 2.05) is 0 Å². The molecule has 0 aliphatic rings. The van der Waals surface area contributed by atoms with Crippen molar-refractivity contribution in [3.63, 3.8) is 0 Å². The molecule has 0 atom stereocenters. The number of esters is 1. The number of halogens is 5. The fraction of sp³-hybridized carbons (Fsp3) is 0.273. The number of carbonyl (C=O) groups excluding carboxylic acids is 1. The third-order valence-corrected chi connectivity index (χ3v) is 2.48. The van der Waals surface area contributed by atoms with Crippen molar-refractivity contribution in [2.24, 2.45) is 5.10 Å². The molecule has 9 heteroatoms. The van der Waals surface area contributed by atoms with Crippen molar-refractivity contribution >= 4 is 40.0 Å². The summed E-state index contributed by atoms with van der Waals surface area (Å²) in [4.78, 5) is 11.1. The fourth-order valence-corrected chi connectivity index (χ4v) is 1.46. The van der Waals surface area contributed by atoms with Crippen LogP contribution in [0.1, 0.15) is 12.5 Å². The number of ether oxygens (including phenoxy) is 1. The molecule has 0 fully saturated rings. The molecular weight excluding hydrogens is 320 g/mol. The van der Waals surface area contributed by atoms with Gasteiger partial charge in [0.05, 0.1) is 17.9 Å². The molecule has 0 heterocycles. The van der Waals surface area contributed by atoms with Crippen LogP contribution in [0.4, 0.5) is 18.9 Å². The zero-order chi connectivity index (χ0) is 15.3. The van der Waals surface area contributed by atoms with Crippen LogP contribution >= 0.6 is 23.2 Å². The van der Waals surface area contributed by atoms with E-state index in [1.54, 1.807) is 6.92 Å². The molecule has 1 rings (SSSR count). The van der Waals surface area contributed by atoms with Crippen LogP contribution in [0.5, 0.6) is 0 Å². The van der Waals surface area contributed by atoms with Gasteiger partial charge in [-0.1, -0.05) is 23.2 Å². The van der Waals surface area contributed by atoms with Crippen molar-refractivity contribution in [3.8, 4) is 0 Å². The minimum Gasteiger partial charge on any atom is -0.461 e. The molecule has 0 aliphatic carbocycles. The molecule has 1 N–H and O–H groups in total. The Hall–Kier alpha value is -1.47. The van der Waals surface area contributed by atoms with Crippen LogP contribution in [0.25, 0.3) is 0 Å². The summed E-state index contributed by atoms with van der Waals surface area (Å²) in [6.07, 6.45) is -4.63. The second-order valence-corrected chi connectivity index (χ2v) is 4.22. The zero-order valence-electron chi connectivity index (χ0n) is 10.1. The Balaban J connectivity index is 2.99. The van der Waals surface area contributed by atoms with Gasteiger partial charge in [-0.05, 0) is 25.1 Å². The maximum atomic E-state index is 12.8. The van der Waals surface area contributed by atoms with E-state index in [0.29, 0.717) is 0 Å². The molecule has 4 nitrogen and oxygen atoms in total. The molecule has 0 saturated heterocycles. The van der Waals surface area contributed by atoms with Crippen molar-refractivity contribution in [2.45, 2.75) is 13.1 Å². The van der Waals surface area contributed by atoms with Gasteiger partial charge in [0.25, 0.3) is 0 Å². The average molecular weight is 329 g/mol. The fourth-order valence-electron chi connectivity index (χ4n) is 1.19. The average Bonchev–Trinajstić information content (AvgIpc) is 2.36. The standard InChI is InChI=1S/C11H9Cl2F3N2O2/c1-2-20-10(19)9(13)18-17-8-4-3-6(12)5-7(8)11(14,15)16/h3-5,17H,2H2,1H3/b18-9+. The number of hydrogen-bond acceptors (Lipinski definition) is 4. The summed E-state index contributed by atoms with van der Waals surface area (Å²) in [6.45, 7) is 1.62. The van der Waals surface area contributed by atoms with Crippen molar-refractivity contribution in [1.82, 2.24) is 0 Å². The van der Waals surface area contributed by atoms with Crippen LogP contribution < -0.4 is 5.43 Å². The number of rotatable bonds is 4. The Kier molecular flexibility index (Phi) is 5.64. The first-order valence-electron chi connectivity index (χ1n) is 5.28. The van der Waals surface area contributed by atoms with Crippen molar-refractivity contribution in [1.29, 1.82) is 0 Å². The smallest absolute Gasteiger partial charge is 0.418 e. The Labute approximate surface area is 122 Å². The van der Waals surface area contributed by atoms with Gasteiger partial charge in [-0.3, -0.25) is 5.43 Å². The number of alkyl halides is 3. The van der Waals surface area contributed by atoms with Crippen LogP contribution in [-0.2, 0) is 15.7 Å². The van der Waals surface area contributed by atoms with Crippen LogP contribution in [0.15, 0.2) is 23.3 Å². The van der Waals surface area contributed by atoms with Crippen LogP contribution in [0, 0.1) is 0 Å². The summed E-state index contributed by atoms with van der Waals surface area (Å²) in [5, 5.41) is 2.64. The topological polar surface area (TPSA) is 50.7 Å². The van der Waals surface area contributed by atoms with Gasteiger partial charge >= 0.3 is 12.1 Å². The maximum Gasteiger partial charge on any atom is 0.418 e.